The zero-order chi connectivity index (χ0) is 17.9. The van der Waals surface area contributed by atoms with Crippen molar-refractivity contribution in [2.75, 3.05) is 7.11 Å². The number of esters is 1. The molecule has 0 N–H and O–H groups in total. The van der Waals surface area contributed by atoms with Crippen molar-refractivity contribution in [3.63, 3.8) is 0 Å². The van der Waals surface area contributed by atoms with E-state index in [0.29, 0.717) is 6.42 Å². The molecule has 6 radical (unpaired) electrons. The van der Waals surface area contributed by atoms with Gasteiger partial charge in [-0.2, -0.15) is 0 Å². The Labute approximate surface area is 136 Å². The maximum Gasteiger partial charge on any atom is 3.00 e. The largest absolute Gasteiger partial charge is 3.00 e. The van der Waals surface area contributed by atoms with Crippen LogP contribution in [0.3, 0.4) is 0 Å². The second-order valence-corrected chi connectivity index (χ2v) is 2.54. The summed E-state index contributed by atoms with van der Waals surface area (Å²) in [5.74, 6) is 0.818. The van der Waals surface area contributed by atoms with Crippen LogP contribution in [-0.4, -0.2) is 20.3 Å². The smallest absolute Gasteiger partial charge is 3.00 e. The van der Waals surface area contributed by atoms with Gasteiger partial charge in [0.1, 0.15) is 0 Å². The Morgan fingerprint density at radius 3 is 1.55 bits per heavy atom. The molecule has 0 amide bonds. The van der Waals surface area contributed by atoms with Gasteiger partial charge in [0, 0.05) is 0 Å². The summed E-state index contributed by atoms with van der Waals surface area (Å²) < 4.78 is 66.0. The first-order valence-corrected chi connectivity index (χ1v) is 4.59. The van der Waals surface area contributed by atoms with Gasteiger partial charge < -0.3 is 22.0 Å². The molecule has 0 aromatic rings. The third-order valence-corrected chi connectivity index (χ3v) is 1.31. The molecule has 0 saturated heterocycles. The third-order valence-electron chi connectivity index (χ3n) is 1.31. The maximum atomic E-state index is 10.7. The van der Waals surface area contributed by atoms with Crippen molar-refractivity contribution in [1.82, 2.24) is 0 Å². The number of carbonyl (C=O) groups excluding carboxylic acids is 1. The summed E-state index contributed by atoms with van der Waals surface area (Å²) in [7, 11) is -4.61. The molecule has 0 aromatic carbocycles. The van der Waals surface area contributed by atoms with E-state index in [1.165, 1.54) is 7.11 Å². The summed E-state index contributed by atoms with van der Waals surface area (Å²) in [5.41, 5.74) is 0. The Kier molecular flexibility index (Phi) is 37.2. The molecule has 0 unspecified atom stereocenters. The Balaban J connectivity index is -0.0000000691. The minimum absolute atomic E-state index is 0. The normalized spacial score (nSPS) is 11.8. The zero-order valence-electron chi connectivity index (χ0n) is 11.0. The van der Waals surface area contributed by atoms with Crippen molar-refractivity contribution < 1.29 is 57.8 Å². The Bertz CT molecular complexity index is 281. The van der Waals surface area contributed by atoms with Gasteiger partial charge in [0.05, 0.1) is 13.5 Å². The first-order chi connectivity index (χ1) is 9.83. The number of ether oxygens (including phenoxy) is 1. The Hall–Kier alpha value is -1.01. The summed E-state index contributed by atoms with van der Waals surface area (Å²) in [4.78, 5) is 10.7. The van der Waals surface area contributed by atoms with Crippen LogP contribution in [-0.2, 0) is 40.6 Å². The summed E-state index contributed by atoms with van der Waals surface area (Å²) in [6.07, 6.45) is 7.98. The summed E-state index contributed by atoms with van der Waals surface area (Å²) in [6, 6.07) is 0. The van der Waals surface area contributed by atoms with Crippen LogP contribution in [0.1, 0.15) is 6.42 Å². The predicted octanol–water partition coefficient (Wildman–Crippen LogP) is 2.14. The molecule has 0 spiro atoms. The molecule has 1 aliphatic rings. The van der Waals surface area contributed by atoms with Crippen LogP contribution >= 0.6 is 0 Å². The molecular formula is C11H9BF4FeO5+2. The number of hydrogen-bond acceptors (Lipinski definition) is 2. The summed E-state index contributed by atoms with van der Waals surface area (Å²) in [6.45, 7) is 13.5. The molecule has 1 rings (SSSR count). The molecule has 0 bridgehead atoms. The van der Waals surface area contributed by atoms with Crippen LogP contribution in [0.4, 0.5) is 17.3 Å². The molecule has 0 atom stereocenters. The van der Waals surface area contributed by atoms with E-state index in [9.17, 15) is 22.1 Å². The van der Waals surface area contributed by atoms with E-state index in [4.69, 9.17) is 14.0 Å². The average molecular weight is 364 g/mol. The van der Waals surface area contributed by atoms with Crippen molar-refractivity contribution in [1.29, 1.82) is 0 Å². The molecule has 0 aromatic heterocycles. The molecule has 120 valence electrons. The van der Waals surface area contributed by atoms with Gasteiger partial charge in [0.2, 0.25) is 0 Å². The first kappa shape index (κ1) is 32.8. The van der Waals surface area contributed by atoms with E-state index in [2.05, 4.69) is 24.7 Å². The molecule has 11 heteroatoms. The van der Waals surface area contributed by atoms with Gasteiger partial charge in [-0.25, -0.2) is 0 Å². The van der Waals surface area contributed by atoms with Gasteiger partial charge in [0.15, 0.2) is 0 Å². The van der Waals surface area contributed by atoms with E-state index < -0.39 is 7.25 Å². The number of carbonyl (C=O) groups is 1. The third kappa shape index (κ3) is 42.8. The molecular weight excluding hydrogens is 355 g/mol. The second kappa shape index (κ2) is 25.0. The Morgan fingerprint density at radius 1 is 1.05 bits per heavy atom. The number of methoxy groups -OCH3 is 1. The quantitative estimate of drug-likeness (QED) is 0.247. The standard InChI is InChI=1S/C8H9O2.3CO.BF4.Fe/c1-10-8(9)6-7-4-2-3-5-7;3*1-2;2-1(3,4)5;/h2-5H,6H2,1H3;;;;;/q;;;;-1;+3. The van der Waals surface area contributed by atoms with Gasteiger partial charge >= 0.3 is 64.2 Å². The first-order valence-electron chi connectivity index (χ1n) is 4.59. The zero-order valence-corrected chi connectivity index (χ0v) is 12.1. The van der Waals surface area contributed by atoms with Gasteiger partial charge in [0.25, 0.3) is 0 Å². The van der Waals surface area contributed by atoms with Gasteiger partial charge in [-0.3, -0.25) is 4.79 Å². The van der Waals surface area contributed by atoms with Crippen LogP contribution in [0, 0.1) is 51.6 Å². The molecule has 1 aliphatic carbocycles. The summed E-state index contributed by atoms with van der Waals surface area (Å²) in [5, 5.41) is 0. The fourth-order valence-electron chi connectivity index (χ4n) is 0.771. The van der Waals surface area contributed by atoms with E-state index >= 15 is 0 Å². The van der Waals surface area contributed by atoms with Crippen LogP contribution in [0.15, 0.2) is 0 Å². The van der Waals surface area contributed by atoms with Crippen molar-refractivity contribution in [2.45, 2.75) is 6.42 Å². The molecule has 1 fully saturated rings. The monoisotopic (exact) mass is 364 g/mol. The van der Waals surface area contributed by atoms with E-state index in [-0.39, 0.29) is 23.0 Å². The summed E-state index contributed by atoms with van der Waals surface area (Å²) >= 11 is 0. The van der Waals surface area contributed by atoms with E-state index in [1.54, 1.807) is 0 Å². The minimum Gasteiger partial charge on any atom is 3.00 e. The van der Waals surface area contributed by atoms with Crippen LogP contribution in [0.5, 0.6) is 0 Å². The fraction of sp³-hybridized carbons (Fsp3) is 0.182. The average Bonchev–Trinajstić information content (AvgIpc) is 2.96. The molecule has 22 heavy (non-hydrogen) atoms. The fourth-order valence-corrected chi connectivity index (χ4v) is 0.771. The van der Waals surface area contributed by atoms with Crippen LogP contribution in [0.2, 0.25) is 0 Å². The van der Waals surface area contributed by atoms with Crippen LogP contribution in [0.25, 0.3) is 0 Å². The Morgan fingerprint density at radius 2 is 1.32 bits per heavy atom. The number of hydrogen-bond donors (Lipinski definition) is 0. The van der Waals surface area contributed by atoms with Crippen molar-refractivity contribution in [3.05, 3.63) is 51.6 Å². The number of rotatable bonds is 2. The van der Waals surface area contributed by atoms with E-state index in [0.717, 1.165) is 5.92 Å². The van der Waals surface area contributed by atoms with E-state index in [1.807, 2.05) is 25.7 Å². The van der Waals surface area contributed by atoms with Crippen LogP contribution < -0.4 is 0 Å². The van der Waals surface area contributed by atoms with Crippen molar-refractivity contribution in [2.24, 2.45) is 0 Å². The molecule has 5 nitrogen and oxygen atoms in total. The molecule has 0 heterocycles. The van der Waals surface area contributed by atoms with Gasteiger partial charge in [-0.1, -0.05) is 0 Å². The molecule has 0 aliphatic heterocycles. The maximum absolute atomic E-state index is 10.7. The second-order valence-electron chi connectivity index (χ2n) is 2.54. The van der Waals surface area contributed by atoms with Gasteiger partial charge in [-0.15, -0.1) is 0 Å². The number of halogens is 4. The predicted molar refractivity (Wildman–Crippen MR) is 59.1 cm³/mol. The topological polar surface area (TPSA) is 86.0 Å². The van der Waals surface area contributed by atoms with Crippen molar-refractivity contribution >= 4 is 13.2 Å². The minimum atomic E-state index is -6.00. The van der Waals surface area contributed by atoms with Gasteiger partial charge in [-0.05, 0) is 31.6 Å². The SMILES string of the molecule is COC(=O)C[C]1[CH][CH][CH][CH]1.F[B-](F)(F)F.[C-]#[O+].[C-]#[O+].[C-]#[O+].[Fe+3]. The molecule has 1 saturated carbocycles. The van der Waals surface area contributed by atoms with Crippen molar-refractivity contribution in [3.8, 4) is 0 Å².